The van der Waals surface area contributed by atoms with Crippen molar-refractivity contribution in [2.24, 2.45) is 0 Å². The average Bonchev–Trinajstić information content (AvgIpc) is 2.54. The fourth-order valence-corrected chi connectivity index (χ4v) is 3.04. The molecule has 0 N–H and O–H groups in total. The first-order chi connectivity index (χ1) is 11.0. The Morgan fingerprint density at radius 2 is 1.65 bits per heavy atom. The second-order valence-corrected chi connectivity index (χ2v) is 6.13. The van der Waals surface area contributed by atoms with Crippen molar-refractivity contribution in [3.05, 3.63) is 41.1 Å². The lowest BCUT2D eigenvalue weighted by molar-refractivity contribution is -0.130. The van der Waals surface area contributed by atoms with E-state index in [0.29, 0.717) is 31.7 Å². The molecule has 1 aliphatic heterocycles. The molecule has 2 amide bonds. The zero-order chi connectivity index (χ0) is 16.6. The van der Waals surface area contributed by atoms with Crippen LogP contribution in [0.4, 0.5) is 0 Å². The fraction of sp³-hybridized carbons (Fsp3) is 0.389. The quantitative estimate of drug-likeness (QED) is 0.811. The Labute approximate surface area is 135 Å². The number of benzene rings is 1. The summed E-state index contributed by atoms with van der Waals surface area (Å²) >= 11 is 0. The first-order valence-corrected chi connectivity index (χ1v) is 7.88. The Kier molecular flexibility index (Phi) is 4.03. The Hall–Kier alpha value is -2.43. The van der Waals surface area contributed by atoms with Crippen LogP contribution in [0.15, 0.2) is 24.3 Å². The molecule has 5 nitrogen and oxygen atoms in total. The number of pyridine rings is 1. The van der Waals surface area contributed by atoms with Crippen LogP contribution in [0.1, 0.15) is 28.5 Å². The van der Waals surface area contributed by atoms with Gasteiger partial charge in [-0.15, -0.1) is 0 Å². The summed E-state index contributed by atoms with van der Waals surface area (Å²) in [6, 6.07) is 7.85. The van der Waals surface area contributed by atoms with Crippen LogP contribution in [0.2, 0.25) is 0 Å². The summed E-state index contributed by atoms with van der Waals surface area (Å²) in [6.45, 7) is 7.84. The molecule has 120 valence electrons. The van der Waals surface area contributed by atoms with Gasteiger partial charge in [0.15, 0.2) is 0 Å². The normalized spacial score (nSPS) is 15.1. The lowest BCUT2D eigenvalue weighted by Crippen LogP contribution is -2.50. The maximum absolute atomic E-state index is 12.9. The van der Waals surface area contributed by atoms with E-state index in [4.69, 9.17) is 0 Å². The molecule has 0 spiro atoms. The summed E-state index contributed by atoms with van der Waals surface area (Å²) < 4.78 is 0. The summed E-state index contributed by atoms with van der Waals surface area (Å²) in [7, 11) is 0. The van der Waals surface area contributed by atoms with Gasteiger partial charge in [0.05, 0.1) is 11.1 Å². The van der Waals surface area contributed by atoms with Crippen LogP contribution in [0, 0.1) is 13.8 Å². The minimum atomic E-state index is 0.0225. The van der Waals surface area contributed by atoms with Crippen molar-refractivity contribution < 1.29 is 9.59 Å². The zero-order valence-corrected chi connectivity index (χ0v) is 13.8. The van der Waals surface area contributed by atoms with Crippen molar-refractivity contribution in [2.75, 3.05) is 26.2 Å². The molecule has 1 aromatic heterocycles. The van der Waals surface area contributed by atoms with E-state index in [1.54, 1.807) is 11.8 Å². The lowest BCUT2D eigenvalue weighted by Gasteiger charge is -2.34. The number of fused-ring (bicyclic) bond motifs is 1. The summed E-state index contributed by atoms with van der Waals surface area (Å²) in [5.74, 6) is 0.0900. The first kappa shape index (κ1) is 15.5. The third-order valence-electron chi connectivity index (χ3n) is 4.33. The van der Waals surface area contributed by atoms with Crippen molar-refractivity contribution in [3.63, 3.8) is 0 Å². The van der Waals surface area contributed by atoms with Gasteiger partial charge in [-0.3, -0.25) is 14.6 Å². The van der Waals surface area contributed by atoms with Gasteiger partial charge in [0.2, 0.25) is 5.91 Å². The molecule has 3 rings (SSSR count). The predicted octanol–water partition coefficient (Wildman–Crippen LogP) is 2.16. The fourth-order valence-electron chi connectivity index (χ4n) is 3.04. The van der Waals surface area contributed by atoms with Gasteiger partial charge in [-0.1, -0.05) is 11.6 Å². The highest BCUT2D eigenvalue weighted by Crippen LogP contribution is 2.22. The summed E-state index contributed by atoms with van der Waals surface area (Å²) in [5, 5.41) is 0.898. The molecule has 5 heteroatoms. The standard InChI is InChI=1S/C18H21N3O2/c1-12-4-5-17-15(10-12)16(11-13(2)19-17)18(23)21-8-6-20(7-9-21)14(3)22/h4-5,10-11H,6-9H2,1-3H3. The maximum atomic E-state index is 12.9. The van der Waals surface area contributed by atoms with Gasteiger partial charge in [0, 0.05) is 44.2 Å². The van der Waals surface area contributed by atoms with E-state index in [9.17, 15) is 9.59 Å². The summed E-state index contributed by atoms with van der Waals surface area (Å²) in [6.07, 6.45) is 0. The second kappa shape index (κ2) is 5.99. The van der Waals surface area contributed by atoms with Crippen LogP contribution < -0.4 is 0 Å². The van der Waals surface area contributed by atoms with Crippen LogP contribution in [0.5, 0.6) is 0 Å². The predicted molar refractivity (Wildman–Crippen MR) is 89.4 cm³/mol. The molecule has 2 heterocycles. The largest absolute Gasteiger partial charge is 0.339 e. The lowest BCUT2D eigenvalue weighted by atomic mass is 10.0. The summed E-state index contributed by atoms with van der Waals surface area (Å²) in [5.41, 5.74) is 3.50. The van der Waals surface area contributed by atoms with E-state index in [-0.39, 0.29) is 11.8 Å². The van der Waals surface area contributed by atoms with Gasteiger partial charge in [0.1, 0.15) is 0 Å². The SMILES string of the molecule is CC(=O)N1CCN(C(=O)c2cc(C)nc3ccc(C)cc23)CC1. The van der Waals surface area contributed by atoms with Gasteiger partial charge in [0.25, 0.3) is 5.91 Å². The first-order valence-electron chi connectivity index (χ1n) is 7.88. The highest BCUT2D eigenvalue weighted by Gasteiger charge is 2.24. The minimum Gasteiger partial charge on any atom is -0.339 e. The van der Waals surface area contributed by atoms with Gasteiger partial charge in [-0.05, 0) is 32.0 Å². The molecule has 0 aliphatic carbocycles. The highest BCUT2D eigenvalue weighted by atomic mass is 16.2. The molecule has 1 aliphatic rings. The smallest absolute Gasteiger partial charge is 0.254 e. The Morgan fingerprint density at radius 1 is 1.00 bits per heavy atom. The molecule has 2 aromatic rings. The highest BCUT2D eigenvalue weighted by molar-refractivity contribution is 6.06. The Bertz CT molecular complexity index is 777. The molecule has 1 fully saturated rings. The number of carbonyl (C=O) groups excluding carboxylic acids is 2. The zero-order valence-electron chi connectivity index (χ0n) is 13.8. The molecular formula is C18H21N3O2. The van der Waals surface area contributed by atoms with Crippen LogP contribution in [0.3, 0.4) is 0 Å². The van der Waals surface area contributed by atoms with E-state index >= 15 is 0 Å². The van der Waals surface area contributed by atoms with Gasteiger partial charge in [-0.25, -0.2) is 0 Å². The van der Waals surface area contributed by atoms with Crippen molar-refractivity contribution in [1.29, 1.82) is 0 Å². The monoisotopic (exact) mass is 311 g/mol. The maximum Gasteiger partial charge on any atom is 0.254 e. The van der Waals surface area contributed by atoms with E-state index in [1.165, 1.54) is 0 Å². The third kappa shape index (κ3) is 3.04. The molecule has 23 heavy (non-hydrogen) atoms. The molecular weight excluding hydrogens is 290 g/mol. The summed E-state index contributed by atoms with van der Waals surface area (Å²) in [4.78, 5) is 32.5. The van der Waals surface area contributed by atoms with Crippen molar-refractivity contribution in [3.8, 4) is 0 Å². The van der Waals surface area contributed by atoms with Crippen LogP contribution in [-0.2, 0) is 4.79 Å². The van der Waals surface area contributed by atoms with E-state index < -0.39 is 0 Å². The number of hydrogen-bond acceptors (Lipinski definition) is 3. The van der Waals surface area contributed by atoms with E-state index in [2.05, 4.69) is 4.98 Å². The molecule has 0 unspecified atom stereocenters. The van der Waals surface area contributed by atoms with Gasteiger partial charge in [-0.2, -0.15) is 0 Å². The minimum absolute atomic E-state index is 0.0225. The number of piperazine rings is 1. The van der Waals surface area contributed by atoms with Crippen LogP contribution in [-0.4, -0.2) is 52.8 Å². The van der Waals surface area contributed by atoms with Gasteiger partial charge < -0.3 is 9.80 Å². The number of aromatic nitrogens is 1. The average molecular weight is 311 g/mol. The van der Waals surface area contributed by atoms with Crippen molar-refractivity contribution >= 4 is 22.7 Å². The molecule has 1 saturated heterocycles. The number of rotatable bonds is 1. The topological polar surface area (TPSA) is 53.5 Å². The number of amides is 2. The molecule has 0 saturated carbocycles. The number of nitrogens with zero attached hydrogens (tertiary/aromatic N) is 3. The number of aryl methyl sites for hydroxylation is 2. The second-order valence-electron chi connectivity index (χ2n) is 6.13. The Balaban J connectivity index is 1.92. The molecule has 0 atom stereocenters. The molecule has 0 bridgehead atoms. The van der Waals surface area contributed by atoms with Crippen LogP contribution in [0.25, 0.3) is 10.9 Å². The number of carbonyl (C=O) groups is 2. The van der Waals surface area contributed by atoms with E-state index in [1.807, 2.05) is 43.0 Å². The Morgan fingerprint density at radius 3 is 2.30 bits per heavy atom. The van der Waals surface area contributed by atoms with Crippen molar-refractivity contribution in [1.82, 2.24) is 14.8 Å². The third-order valence-corrected chi connectivity index (χ3v) is 4.33. The van der Waals surface area contributed by atoms with Crippen LogP contribution >= 0.6 is 0 Å². The van der Waals surface area contributed by atoms with Crippen molar-refractivity contribution in [2.45, 2.75) is 20.8 Å². The van der Waals surface area contributed by atoms with Gasteiger partial charge >= 0.3 is 0 Å². The molecule has 1 aromatic carbocycles. The number of hydrogen-bond donors (Lipinski definition) is 0. The molecule has 0 radical (unpaired) electrons. The van der Waals surface area contributed by atoms with E-state index in [0.717, 1.165) is 22.2 Å².